The molecule has 0 bridgehead atoms. The maximum Gasteiger partial charge on any atom is 0.309 e. The molecule has 0 aromatic rings. The van der Waals surface area contributed by atoms with Crippen LogP contribution in [0, 0.1) is 5.41 Å². The van der Waals surface area contributed by atoms with Crippen LogP contribution >= 0.6 is 0 Å². The number of rotatable bonds is 26. The maximum atomic E-state index is 10.9. The van der Waals surface area contributed by atoms with Gasteiger partial charge in [0.05, 0.1) is 19.6 Å². The minimum Gasteiger partial charge on any atom is -0.481 e. The van der Waals surface area contributed by atoms with Crippen LogP contribution in [0.2, 0.25) is 0 Å². The fourth-order valence-corrected chi connectivity index (χ4v) is 4.34. The molecule has 8 heteroatoms. The summed E-state index contributed by atoms with van der Waals surface area (Å²) in [7, 11) is 2.88. The molecule has 0 aromatic heterocycles. The summed E-state index contributed by atoms with van der Waals surface area (Å²) in [4.78, 5) is 43.0. The quantitative estimate of drug-likeness (QED) is 0.0780. The summed E-state index contributed by atoms with van der Waals surface area (Å²) >= 11 is 0. The number of ether oxygens (including phenoxy) is 2. The molecule has 40 heavy (non-hydrogen) atoms. The number of unbranched alkanes of at least 4 members (excludes halogenated alkanes) is 17. The summed E-state index contributed by atoms with van der Waals surface area (Å²) in [6.45, 7) is 3.57. The van der Waals surface area contributed by atoms with Crippen molar-refractivity contribution in [3.05, 3.63) is 0 Å². The fourth-order valence-electron chi connectivity index (χ4n) is 4.34. The Kier molecular flexibility index (Phi) is 28.4. The van der Waals surface area contributed by atoms with Crippen LogP contribution in [0.1, 0.15) is 162 Å². The first-order valence-electron chi connectivity index (χ1n) is 15.7. The predicted molar refractivity (Wildman–Crippen MR) is 159 cm³/mol. The van der Waals surface area contributed by atoms with Crippen molar-refractivity contribution in [3.8, 4) is 0 Å². The van der Waals surface area contributed by atoms with Gasteiger partial charge < -0.3 is 19.7 Å². The van der Waals surface area contributed by atoms with Gasteiger partial charge in [-0.3, -0.25) is 19.2 Å². The van der Waals surface area contributed by atoms with Crippen molar-refractivity contribution in [3.63, 3.8) is 0 Å². The van der Waals surface area contributed by atoms with Crippen LogP contribution in [-0.2, 0) is 28.7 Å². The van der Waals surface area contributed by atoms with Gasteiger partial charge in [-0.1, -0.05) is 103 Å². The highest BCUT2D eigenvalue weighted by atomic mass is 16.5. The van der Waals surface area contributed by atoms with Crippen LogP contribution in [-0.4, -0.2) is 48.3 Å². The summed E-state index contributed by atoms with van der Waals surface area (Å²) < 4.78 is 9.19. The van der Waals surface area contributed by atoms with Crippen LogP contribution < -0.4 is 0 Å². The number of aliphatic carboxylic acids is 2. The number of esters is 2. The van der Waals surface area contributed by atoms with Crippen LogP contribution in [0.5, 0.6) is 0 Å². The lowest BCUT2D eigenvalue weighted by Gasteiger charge is -2.18. The Morgan fingerprint density at radius 3 is 1.02 bits per heavy atom. The van der Waals surface area contributed by atoms with E-state index in [1.807, 2.05) is 0 Å². The van der Waals surface area contributed by atoms with Crippen LogP contribution in [0.25, 0.3) is 0 Å². The molecule has 0 saturated carbocycles. The number of carbonyl (C=O) groups is 4. The summed E-state index contributed by atoms with van der Waals surface area (Å²) in [5.41, 5.74) is -0.593. The van der Waals surface area contributed by atoms with Gasteiger partial charge in [0.2, 0.25) is 0 Å². The van der Waals surface area contributed by atoms with Crippen molar-refractivity contribution in [1.29, 1.82) is 0 Å². The van der Waals surface area contributed by atoms with Gasteiger partial charge in [0.25, 0.3) is 0 Å². The van der Waals surface area contributed by atoms with Crippen LogP contribution in [0.4, 0.5) is 0 Å². The normalized spacial score (nSPS) is 10.9. The summed E-state index contributed by atoms with van der Waals surface area (Å²) in [6.07, 6.45) is 23.5. The number of carboxylic acid groups (broad SMARTS) is 2. The average molecular weight is 573 g/mol. The molecule has 0 radical (unpaired) electrons. The Morgan fingerprint density at radius 2 is 0.750 bits per heavy atom. The second-order valence-electron chi connectivity index (χ2n) is 11.5. The Balaban J connectivity index is 0. The third kappa shape index (κ3) is 30.4. The molecule has 8 nitrogen and oxygen atoms in total. The van der Waals surface area contributed by atoms with Gasteiger partial charge in [-0.15, -0.1) is 0 Å². The molecule has 0 aliphatic carbocycles. The van der Waals surface area contributed by atoms with Gasteiger partial charge in [0.15, 0.2) is 0 Å². The minimum absolute atomic E-state index is 0.100. The molecule has 0 aromatic carbocycles. The SMILES string of the molecule is CC(C)(CCCCCCCCCCCC(=O)O)C(=O)O.COC(=O)CCCCCCCCCCCCC(=O)OC. The van der Waals surface area contributed by atoms with Crippen molar-refractivity contribution in [2.75, 3.05) is 14.2 Å². The van der Waals surface area contributed by atoms with Crippen molar-refractivity contribution in [2.24, 2.45) is 5.41 Å². The zero-order valence-electron chi connectivity index (χ0n) is 26.1. The van der Waals surface area contributed by atoms with E-state index in [1.165, 1.54) is 78.4 Å². The van der Waals surface area contributed by atoms with Gasteiger partial charge in [-0.2, -0.15) is 0 Å². The van der Waals surface area contributed by atoms with E-state index in [4.69, 9.17) is 10.2 Å². The monoisotopic (exact) mass is 572 g/mol. The van der Waals surface area contributed by atoms with Gasteiger partial charge in [-0.05, 0) is 39.5 Å². The van der Waals surface area contributed by atoms with Crippen molar-refractivity contribution in [2.45, 2.75) is 162 Å². The van der Waals surface area contributed by atoms with Gasteiger partial charge >= 0.3 is 23.9 Å². The lowest BCUT2D eigenvalue weighted by Crippen LogP contribution is -2.23. The third-order valence-electron chi connectivity index (χ3n) is 7.24. The molecule has 2 N–H and O–H groups in total. The lowest BCUT2D eigenvalue weighted by molar-refractivity contribution is -0.147. The highest BCUT2D eigenvalue weighted by Crippen LogP contribution is 2.24. The van der Waals surface area contributed by atoms with Gasteiger partial charge in [-0.25, -0.2) is 0 Å². The largest absolute Gasteiger partial charge is 0.481 e. The molecular formula is C32H60O8. The topological polar surface area (TPSA) is 127 Å². The van der Waals surface area contributed by atoms with Crippen LogP contribution in [0.15, 0.2) is 0 Å². The molecule has 0 spiro atoms. The van der Waals surface area contributed by atoms with E-state index in [0.29, 0.717) is 19.3 Å². The summed E-state index contributed by atoms with van der Waals surface area (Å²) in [5, 5.41) is 17.5. The summed E-state index contributed by atoms with van der Waals surface area (Å²) in [5.74, 6) is -1.61. The fraction of sp³-hybridized carbons (Fsp3) is 0.875. The predicted octanol–water partition coefficient (Wildman–Crippen LogP) is 8.49. The van der Waals surface area contributed by atoms with E-state index < -0.39 is 17.4 Å². The summed E-state index contributed by atoms with van der Waals surface area (Å²) in [6, 6.07) is 0. The Hall–Kier alpha value is -2.12. The smallest absolute Gasteiger partial charge is 0.309 e. The number of hydrogen-bond donors (Lipinski definition) is 2. The molecule has 0 fully saturated rings. The zero-order valence-corrected chi connectivity index (χ0v) is 26.1. The molecule has 0 aliphatic heterocycles. The molecule has 0 heterocycles. The Morgan fingerprint density at radius 1 is 0.475 bits per heavy atom. The number of methoxy groups -OCH3 is 2. The standard InChI is InChI=1S/2C16H30O4/c1-16(2,15(19)20)13-11-9-7-5-3-4-6-8-10-12-14(17)18;1-19-15(17)13-11-9-7-5-3-4-6-8-10-12-14-16(18)20-2/h3-13H2,1-2H3,(H,17,18)(H,19,20);3-14H2,1-2H3. The average Bonchev–Trinajstić information content (AvgIpc) is 2.91. The molecule has 236 valence electrons. The maximum absolute atomic E-state index is 10.9. The molecule has 0 rings (SSSR count). The molecular weight excluding hydrogens is 512 g/mol. The molecule has 0 aliphatic rings. The number of hydrogen-bond acceptors (Lipinski definition) is 6. The molecule has 0 unspecified atom stereocenters. The van der Waals surface area contributed by atoms with E-state index in [9.17, 15) is 19.2 Å². The van der Waals surface area contributed by atoms with Crippen molar-refractivity contribution < 1.29 is 38.9 Å². The lowest BCUT2D eigenvalue weighted by atomic mass is 9.87. The number of carboxylic acids is 2. The van der Waals surface area contributed by atoms with E-state index in [0.717, 1.165) is 64.2 Å². The first-order chi connectivity index (χ1) is 19.1. The van der Waals surface area contributed by atoms with E-state index in [2.05, 4.69) is 9.47 Å². The Bertz CT molecular complexity index is 619. The molecule has 0 amide bonds. The number of carbonyl (C=O) groups excluding carboxylic acids is 2. The van der Waals surface area contributed by atoms with Gasteiger partial charge in [0, 0.05) is 19.3 Å². The second kappa shape index (κ2) is 28.4. The first kappa shape index (κ1) is 40.0. The van der Waals surface area contributed by atoms with Crippen molar-refractivity contribution in [1.82, 2.24) is 0 Å². The highest BCUT2D eigenvalue weighted by Gasteiger charge is 2.25. The third-order valence-corrected chi connectivity index (χ3v) is 7.24. The first-order valence-corrected chi connectivity index (χ1v) is 15.7. The highest BCUT2D eigenvalue weighted by molar-refractivity contribution is 5.73. The van der Waals surface area contributed by atoms with Crippen molar-refractivity contribution >= 4 is 23.9 Å². The molecule has 0 saturated heterocycles. The van der Waals surface area contributed by atoms with E-state index in [1.54, 1.807) is 13.8 Å². The van der Waals surface area contributed by atoms with E-state index >= 15 is 0 Å². The van der Waals surface area contributed by atoms with E-state index in [-0.39, 0.29) is 11.9 Å². The Labute approximate surface area is 244 Å². The van der Waals surface area contributed by atoms with Crippen LogP contribution in [0.3, 0.4) is 0 Å². The van der Waals surface area contributed by atoms with Gasteiger partial charge in [0.1, 0.15) is 0 Å². The zero-order chi connectivity index (χ0) is 30.5. The second-order valence-corrected chi connectivity index (χ2v) is 11.5. The molecule has 0 atom stereocenters. The minimum atomic E-state index is -0.709.